The molecule has 1 N–H and O–H groups in total. The third-order valence-corrected chi connectivity index (χ3v) is 13.4. The van der Waals surface area contributed by atoms with Gasteiger partial charge >= 0.3 is 170 Å². The van der Waals surface area contributed by atoms with E-state index in [1.54, 1.807) is 0 Å². The van der Waals surface area contributed by atoms with Gasteiger partial charge in [-0.1, -0.05) is 24.3 Å². The van der Waals surface area contributed by atoms with E-state index in [4.69, 9.17) is 9.72 Å². The number of amides is 2. The van der Waals surface area contributed by atoms with Gasteiger partial charge in [-0.15, -0.1) is 0 Å². The number of nitrogens with one attached hydrogen (secondary N) is 1. The zero-order valence-electron chi connectivity index (χ0n) is 23.8. The minimum absolute atomic E-state index is 0.00622. The quantitative estimate of drug-likeness (QED) is 0.161. The molecule has 1 fully saturated rings. The van der Waals surface area contributed by atoms with Gasteiger partial charge < -0.3 is 4.74 Å². The number of rotatable bonds is 9. The Morgan fingerprint density at radius 2 is 1.85 bits per heavy atom. The van der Waals surface area contributed by atoms with Crippen LogP contribution in [0.2, 0.25) is 0 Å². The van der Waals surface area contributed by atoms with Crippen molar-refractivity contribution in [3.63, 3.8) is 0 Å². The van der Waals surface area contributed by atoms with E-state index in [-0.39, 0.29) is 52.0 Å². The Kier molecular flexibility index (Phi) is 9.43. The Bertz CT molecular complexity index is 1370. The molecule has 2 amide bonds. The van der Waals surface area contributed by atoms with E-state index in [9.17, 15) is 14.4 Å². The number of alkyl halides is 2. The van der Waals surface area contributed by atoms with E-state index in [0.29, 0.717) is 12.8 Å². The van der Waals surface area contributed by atoms with Crippen LogP contribution in [-0.4, -0.2) is 49.8 Å². The van der Waals surface area contributed by atoms with Crippen molar-refractivity contribution in [2.75, 3.05) is 18.2 Å². The van der Waals surface area contributed by atoms with Crippen LogP contribution in [0.5, 0.6) is 0 Å². The molecule has 0 spiro atoms. The number of halogens is 1. The summed E-state index contributed by atoms with van der Waals surface area (Å²) >= 11 is 1.49. The molecule has 0 bridgehead atoms. The van der Waals surface area contributed by atoms with Crippen LogP contribution in [-0.2, 0) is 33.7 Å². The third kappa shape index (κ3) is 6.66. The summed E-state index contributed by atoms with van der Waals surface area (Å²) in [6.07, 6.45) is 3.40. The normalized spacial score (nSPS) is 18.6. The van der Waals surface area contributed by atoms with Gasteiger partial charge in [-0.25, -0.2) is 0 Å². The maximum atomic E-state index is 13.5. The van der Waals surface area contributed by atoms with E-state index >= 15 is 0 Å². The van der Waals surface area contributed by atoms with E-state index in [1.807, 2.05) is 58.8 Å². The van der Waals surface area contributed by atoms with Gasteiger partial charge in [0.15, 0.2) is 0 Å². The van der Waals surface area contributed by atoms with Crippen molar-refractivity contribution in [1.29, 1.82) is 0 Å². The molecule has 218 valence electrons. The Morgan fingerprint density at radius 3 is 2.46 bits per heavy atom. The number of esters is 1. The molecule has 2 heterocycles. The average Bonchev–Trinajstić information content (AvgIpc) is 3.64. The van der Waals surface area contributed by atoms with Crippen molar-refractivity contribution in [3.8, 4) is 11.3 Å². The van der Waals surface area contributed by atoms with Crippen LogP contribution in [0.1, 0.15) is 59.6 Å². The molecule has 0 saturated carbocycles. The molecule has 1 aliphatic carbocycles. The summed E-state index contributed by atoms with van der Waals surface area (Å²) in [5.41, 5.74) is 3.81. The second-order valence-electron chi connectivity index (χ2n) is 11.1. The molecule has 41 heavy (non-hydrogen) atoms. The van der Waals surface area contributed by atoms with Gasteiger partial charge in [0.2, 0.25) is 5.91 Å². The molecule has 3 aromatic rings. The van der Waals surface area contributed by atoms with Crippen LogP contribution in [0, 0.1) is 11.3 Å². The maximum absolute atomic E-state index is 13.5. The summed E-state index contributed by atoms with van der Waals surface area (Å²) in [5.74, 6) is 0.338. The molecule has 1 aliphatic heterocycles. The zero-order chi connectivity index (χ0) is 29.0. The molecule has 0 radical (unpaired) electrons. The molecule has 2 aromatic carbocycles. The molecule has 9 heteroatoms. The number of thiazole rings is 1. The fourth-order valence-corrected chi connectivity index (χ4v) is 10.1. The number of benzene rings is 2. The Balaban J connectivity index is 1.19. The van der Waals surface area contributed by atoms with Gasteiger partial charge in [0.05, 0.1) is 18.9 Å². The number of nitrogens with zero attached hydrogens (tertiary/aromatic N) is 2. The molecule has 1 unspecified atom stereocenters. The van der Waals surface area contributed by atoms with Crippen LogP contribution in [0.4, 0.5) is 0 Å². The molecule has 5 rings (SSSR count). The molecule has 7 nitrogen and oxygen atoms in total. The number of methoxy groups -OCH3 is 1. The van der Waals surface area contributed by atoms with Crippen LogP contribution in [0.3, 0.4) is 0 Å². The summed E-state index contributed by atoms with van der Waals surface area (Å²) in [5, 5.41) is 5.79. The predicted octanol–water partition coefficient (Wildman–Crippen LogP) is 2.08. The van der Waals surface area contributed by atoms with Crippen LogP contribution < -0.4 is 26.5 Å². The molecule has 1 aromatic heterocycles. The van der Waals surface area contributed by atoms with E-state index in [0.717, 1.165) is 60.3 Å². The fourth-order valence-electron chi connectivity index (χ4n) is 5.68. The average molecular weight is 687 g/mol. The Morgan fingerprint density at radius 1 is 1.15 bits per heavy atom. The van der Waals surface area contributed by atoms with Gasteiger partial charge in [0.1, 0.15) is 0 Å². The molecule has 2 atom stereocenters. The van der Waals surface area contributed by atoms with E-state index in [2.05, 4.69) is 19.2 Å². The first-order chi connectivity index (χ1) is 19.8. The number of hydrogen-bond donors (Lipinski definition) is 1. The molecule has 2 aliphatic rings. The standard InChI is InChI=1S/C32H37IN3O4S/c1-4-21(2)26-13-14-36(20-33-26)30(38)23-11-9-22(10-12-23)27-19-41-28(35-27)18-34-31(39)32(17-29(37)40-3)15-24-7-5-6-8-25(24)16-32/h5-12,19,21,26H,4,13-18,20H2,1-3H3,(H,34,39)/q-1/t21?,26-/m0/s1. The van der Waals surface area contributed by atoms with Crippen molar-refractivity contribution in [2.45, 2.75) is 56.4 Å². The van der Waals surface area contributed by atoms with E-state index < -0.39 is 5.41 Å². The predicted molar refractivity (Wildman–Crippen MR) is 156 cm³/mol. The number of carbonyl (C=O) groups excluding carboxylic acids is 3. The van der Waals surface area contributed by atoms with Crippen molar-refractivity contribution in [3.05, 3.63) is 75.6 Å². The summed E-state index contributed by atoms with van der Waals surface area (Å²) in [7, 11) is 1.35. The van der Waals surface area contributed by atoms with Crippen molar-refractivity contribution >= 4 is 29.1 Å². The second-order valence-corrected chi connectivity index (χ2v) is 15.2. The van der Waals surface area contributed by atoms with Gasteiger partial charge in [0.25, 0.3) is 0 Å². The second kappa shape index (κ2) is 13.0. The first kappa shape index (κ1) is 29.7. The summed E-state index contributed by atoms with van der Waals surface area (Å²) in [6.45, 7) is 5.74. The molecular formula is C32H37IN3O4S-. The number of ether oxygens (including phenoxy) is 1. The van der Waals surface area contributed by atoms with Crippen molar-refractivity contribution in [2.24, 2.45) is 11.3 Å². The molecule has 1 saturated heterocycles. The summed E-state index contributed by atoms with van der Waals surface area (Å²) < 4.78 is 6.68. The van der Waals surface area contributed by atoms with Gasteiger partial charge in [0, 0.05) is 0 Å². The van der Waals surface area contributed by atoms with Crippen LogP contribution in [0.15, 0.2) is 53.9 Å². The van der Waals surface area contributed by atoms with Crippen LogP contribution in [0.25, 0.3) is 11.3 Å². The minimum atomic E-state index is -0.856. The van der Waals surface area contributed by atoms with Crippen molar-refractivity contribution in [1.82, 2.24) is 15.2 Å². The monoisotopic (exact) mass is 686 g/mol. The van der Waals surface area contributed by atoms with Gasteiger partial charge in [-0.2, -0.15) is 0 Å². The first-order valence-electron chi connectivity index (χ1n) is 14.2. The fraction of sp³-hybridized carbons (Fsp3) is 0.438. The summed E-state index contributed by atoms with van der Waals surface area (Å²) in [4.78, 5) is 45.6. The number of hydrogen-bond acceptors (Lipinski definition) is 6. The van der Waals surface area contributed by atoms with Crippen LogP contribution >= 0.6 is 11.3 Å². The SMILES string of the molecule is CCC(C)[C@@H]1CCN(C(=O)c2ccc(-c3csc(CNC(=O)C4(CC(=O)OC)Cc5ccccc5C4)n3)cc2)C[I-]1. The third-order valence-electron chi connectivity index (χ3n) is 8.38. The first-order valence-corrected chi connectivity index (χ1v) is 17.8. The number of carbonyl (C=O) groups is 3. The van der Waals surface area contributed by atoms with Gasteiger partial charge in [-0.05, 0) is 24.0 Å². The number of aromatic nitrogens is 1. The Hall–Kier alpha value is -2.79. The number of fused-ring (bicyclic) bond motifs is 1. The Labute approximate surface area is 256 Å². The van der Waals surface area contributed by atoms with E-state index in [1.165, 1.54) is 24.9 Å². The zero-order valence-corrected chi connectivity index (χ0v) is 26.8. The van der Waals surface area contributed by atoms with Gasteiger partial charge in [-0.3, -0.25) is 9.59 Å². The molecular weight excluding hydrogens is 649 g/mol. The topological polar surface area (TPSA) is 88.6 Å². The summed E-state index contributed by atoms with van der Waals surface area (Å²) in [6, 6.07) is 15.7. The van der Waals surface area contributed by atoms with Crippen molar-refractivity contribution < 1.29 is 40.3 Å².